The maximum absolute atomic E-state index is 14.4. The van der Waals surface area contributed by atoms with Crippen LogP contribution >= 0.6 is 15.6 Å². The average molecular weight is 979 g/mol. The van der Waals surface area contributed by atoms with E-state index in [1.807, 2.05) is 60.7 Å². The van der Waals surface area contributed by atoms with E-state index in [9.17, 15) is 18.9 Å². The van der Waals surface area contributed by atoms with Gasteiger partial charge in [0.15, 0.2) is 0 Å². The van der Waals surface area contributed by atoms with Crippen LogP contribution in [-0.4, -0.2) is 13.2 Å². The third-order valence-electron chi connectivity index (χ3n) is 17.3. The van der Waals surface area contributed by atoms with Crippen LogP contribution < -0.4 is 77.9 Å². The Morgan fingerprint density at radius 3 is 0.929 bits per heavy atom. The fourth-order valence-electron chi connectivity index (χ4n) is 14.7. The molecule has 70 heavy (non-hydrogen) atoms. The maximum Gasteiger partial charge on any atom is 1.00 e. The van der Waals surface area contributed by atoms with Gasteiger partial charge in [0.05, 0.1) is 13.2 Å². The molecule has 8 bridgehead atoms. The monoisotopic (exact) mass is 978 g/mol. The molecule has 8 nitrogen and oxygen atoms in total. The van der Waals surface area contributed by atoms with Crippen molar-refractivity contribution in [1.82, 2.24) is 0 Å². The van der Waals surface area contributed by atoms with Gasteiger partial charge in [-0.3, -0.25) is 9.13 Å². The Morgan fingerprint density at radius 1 is 0.371 bits per heavy atom. The fraction of sp³-hybridized carbons (Fsp3) is 0.276. The van der Waals surface area contributed by atoms with E-state index in [-0.39, 0.29) is 96.0 Å². The van der Waals surface area contributed by atoms with Crippen molar-refractivity contribution in [3.63, 3.8) is 0 Å². The number of hydrogen-bond acceptors (Lipinski definition) is 8. The van der Waals surface area contributed by atoms with Crippen LogP contribution in [0.3, 0.4) is 0 Å². The molecule has 0 fully saturated rings. The van der Waals surface area contributed by atoms with E-state index in [4.69, 9.17) is 18.1 Å². The van der Waals surface area contributed by atoms with E-state index in [2.05, 4.69) is 72.8 Å². The molecule has 7 aromatic rings. The van der Waals surface area contributed by atoms with E-state index >= 15 is 0 Å². The summed E-state index contributed by atoms with van der Waals surface area (Å²) in [6.07, 6.45) is 4.17. The normalized spacial score (nSPS) is 25.5. The molecule has 0 saturated carbocycles. The molecule has 0 radical (unpaired) electrons. The molecule has 338 valence electrons. The van der Waals surface area contributed by atoms with Crippen LogP contribution in [0.2, 0.25) is 0 Å². The molecule has 0 saturated heterocycles. The Morgan fingerprint density at radius 2 is 0.629 bits per heavy atom. The van der Waals surface area contributed by atoms with E-state index in [0.29, 0.717) is 83.1 Å². The molecule has 7 aromatic carbocycles. The zero-order valence-electron chi connectivity index (χ0n) is 39.1. The SMILES string of the molecule is O=P([O-])(OCCc1ccccc1)Oc1c2c(c(OP(=O)([O-])OCCc3ccccc3)c3c1C1CC3c3cc4c(cc31)C1CC4c3ccccc31)C1CC2c2cc3c(cc21)C1CC3c2ccccc21.[Na+].[Na+]. The van der Waals surface area contributed by atoms with Gasteiger partial charge >= 0.3 is 74.8 Å². The van der Waals surface area contributed by atoms with Crippen LogP contribution in [0.5, 0.6) is 11.5 Å². The van der Waals surface area contributed by atoms with Gasteiger partial charge in [0.2, 0.25) is 0 Å². The number of benzene rings is 7. The number of rotatable bonds is 12. The van der Waals surface area contributed by atoms with Crippen molar-refractivity contribution < 1.29 is 96.1 Å². The minimum atomic E-state index is -4.98. The first kappa shape index (κ1) is 46.2. The molecule has 10 atom stereocenters. The minimum Gasteiger partial charge on any atom is -0.746 e. The van der Waals surface area contributed by atoms with E-state index in [1.54, 1.807) is 0 Å². The molecule has 0 N–H and O–H groups in total. The molecule has 10 unspecified atom stereocenters. The average Bonchev–Trinajstić information content (AvgIpc) is 4.24. The van der Waals surface area contributed by atoms with E-state index in [1.165, 1.54) is 44.5 Å². The Balaban J connectivity index is 0.00000240. The Kier molecular flexibility index (Phi) is 11.2. The summed E-state index contributed by atoms with van der Waals surface area (Å²) in [6, 6.07) is 46.4. The molecule has 0 heterocycles. The second-order valence-corrected chi connectivity index (χ2v) is 23.0. The predicted molar refractivity (Wildman–Crippen MR) is 254 cm³/mol. The molecule has 15 rings (SSSR count). The molecule has 8 aliphatic carbocycles. The smallest absolute Gasteiger partial charge is 0.746 e. The molecule has 0 amide bonds. The number of fused-ring (bicyclic) bond motifs is 32. The van der Waals surface area contributed by atoms with Gasteiger partial charge in [-0.15, -0.1) is 0 Å². The number of hydrogen-bond donors (Lipinski definition) is 0. The summed E-state index contributed by atoms with van der Waals surface area (Å²) in [6.45, 7) is -0.154. The molecular weight excluding hydrogens is 933 g/mol. The molecule has 8 aliphatic rings. The number of phosphoric acid groups is 2. The molecule has 0 aliphatic heterocycles. The summed E-state index contributed by atoms with van der Waals surface area (Å²) in [4.78, 5) is 28.8. The zero-order valence-corrected chi connectivity index (χ0v) is 44.9. The largest absolute Gasteiger partial charge is 1.00 e. The van der Waals surface area contributed by atoms with Gasteiger partial charge in [-0.05, 0) is 116 Å². The summed E-state index contributed by atoms with van der Waals surface area (Å²) in [5.74, 6) is 0.838. The van der Waals surface area contributed by atoms with Crippen molar-refractivity contribution >= 4 is 15.6 Å². The first-order valence-electron chi connectivity index (χ1n) is 24.3. The summed E-state index contributed by atoms with van der Waals surface area (Å²) >= 11 is 0. The van der Waals surface area contributed by atoms with Crippen molar-refractivity contribution in [3.8, 4) is 11.5 Å². The zero-order chi connectivity index (χ0) is 45.2. The molecule has 0 aromatic heterocycles. The van der Waals surface area contributed by atoms with Crippen LogP contribution in [-0.2, 0) is 31.0 Å². The van der Waals surface area contributed by atoms with Crippen LogP contribution in [0, 0.1) is 0 Å². The van der Waals surface area contributed by atoms with Gasteiger partial charge in [0.1, 0.15) is 11.5 Å². The summed E-state index contributed by atoms with van der Waals surface area (Å²) in [5, 5.41) is 0. The van der Waals surface area contributed by atoms with Gasteiger partial charge in [-0.25, -0.2) is 0 Å². The number of phosphoric ester groups is 2. The topological polar surface area (TPSA) is 117 Å². The first-order valence-corrected chi connectivity index (χ1v) is 27.2. The molecular formula is C58H46Na2O8P2. The van der Waals surface area contributed by atoms with Gasteiger partial charge in [-0.2, -0.15) is 0 Å². The molecule has 12 heteroatoms. The van der Waals surface area contributed by atoms with Gasteiger partial charge in [0, 0.05) is 69.6 Å². The van der Waals surface area contributed by atoms with Crippen LogP contribution in [0.25, 0.3) is 0 Å². The van der Waals surface area contributed by atoms with Crippen LogP contribution in [0.1, 0.15) is 173 Å². The standard InChI is InChI=1S/C58H48O8P2.2Na/c59-67(60,63-21-19-31-11-3-1-4-12-31)65-57-53-49-29-51(47-27-43-39-23-37(41(43)25-45(47)49)33-15-7-9-17-35(33)39)55(53)58(66-68(61,62)64-22-20-32-13-5-2-6-14-32)56-52-30-50(54(56)57)46-26-42-38-24-40(44(42)28-48(46)52)36-18-10-8-16-34(36)38;;/h1-18,25-28,37-40,49-52H,19-24,29-30H2,(H,59,60)(H,61,62);;/q;2*+1/p-2. The van der Waals surface area contributed by atoms with Crippen molar-refractivity contribution in [1.29, 1.82) is 0 Å². The quantitative estimate of drug-likeness (QED) is 0.111. The second kappa shape index (κ2) is 17.0. The molecule has 0 spiro atoms. The second-order valence-electron chi connectivity index (χ2n) is 20.4. The van der Waals surface area contributed by atoms with Crippen molar-refractivity contribution in [3.05, 3.63) is 234 Å². The third kappa shape index (κ3) is 6.86. The fourth-order valence-corrected chi connectivity index (χ4v) is 16.3. The van der Waals surface area contributed by atoms with E-state index in [0.717, 1.165) is 46.2 Å². The third-order valence-corrected chi connectivity index (χ3v) is 19.1. The van der Waals surface area contributed by atoms with Crippen LogP contribution in [0.15, 0.2) is 133 Å². The van der Waals surface area contributed by atoms with E-state index < -0.39 is 15.6 Å². The Bertz CT molecular complexity index is 3060. The summed E-state index contributed by atoms with van der Waals surface area (Å²) < 4.78 is 53.2. The van der Waals surface area contributed by atoms with Crippen molar-refractivity contribution in [2.75, 3.05) is 13.2 Å². The van der Waals surface area contributed by atoms with Gasteiger partial charge in [0.25, 0.3) is 0 Å². The summed E-state index contributed by atoms with van der Waals surface area (Å²) in [5.41, 5.74) is 20.3. The Hall–Kier alpha value is -3.56. The van der Waals surface area contributed by atoms with Crippen LogP contribution in [0.4, 0.5) is 0 Å². The van der Waals surface area contributed by atoms with Gasteiger partial charge < -0.3 is 27.9 Å². The predicted octanol–water partition coefficient (Wildman–Crippen LogP) is 5.83. The first-order chi connectivity index (χ1) is 33.2. The maximum atomic E-state index is 14.4. The minimum absolute atomic E-state index is 0. The summed E-state index contributed by atoms with van der Waals surface area (Å²) in [7, 11) is -9.96. The Labute approximate surface area is 452 Å². The van der Waals surface area contributed by atoms with Crippen molar-refractivity contribution in [2.45, 2.75) is 85.9 Å². The van der Waals surface area contributed by atoms with Gasteiger partial charge in [-0.1, -0.05) is 133 Å². The van der Waals surface area contributed by atoms with Crippen molar-refractivity contribution in [2.24, 2.45) is 0 Å².